The molecule has 0 fully saturated rings. The number of H-pyrrole nitrogens is 1. The fourth-order valence-corrected chi connectivity index (χ4v) is 1.80. The number of aromatic nitrogens is 3. The second-order valence-corrected chi connectivity index (χ2v) is 5.82. The van der Waals surface area contributed by atoms with Gasteiger partial charge in [0.05, 0.1) is 11.3 Å². The van der Waals surface area contributed by atoms with Crippen LogP contribution in [0, 0.1) is 18.3 Å². The van der Waals surface area contributed by atoms with Crippen LogP contribution >= 0.6 is 0 Å². The zero-order chi connectivity index (χ0) is 15.6. The molecule has 6 nitrogen and oxygen atoms in total. The van der Waals surface area contributed by atoms with E-state index in [1.54, 1.807) is 12.1 Å². The number of rotatable bonds is 2. The standard InChI is InChI=1S/C15H17N5O/c1-9-6-5-7-11(10(9)8-16)17-13(21)12-18-14(20-19-12)15(2,3)4/h5-7H,1-4H3,(H,17,21)(H,18,19,20). The summed E-state index contributed by atoms with van der Waals surface area (Å²) >= 11 is 0. The maximum Gasteiger partial charge on any atom is 0.295 e. The van der Waals surface area contributed by atoms with E-state index >= 15 is 0 Å². The van der Waals surface area contributed by atoms with Gasteiger partial charge < -0.3 is 5.32 Å². The fraction of sp³-hybridized carbons (Fsp3) is 0.333. The van der Waals surface area contributed by atoms with Crippen molar-refractivity contribution < 1.29 is 4.79 Å². The molecule has 0 aliphatic carbocycles. The van der Waals surface area contributed by atoms with Gasteiger partial charge in [-0.05, 0) is 18.6 Å². The topological polar surface area (TPSA) is 94.5 Å². The molecule has 0 bridgehead atoms. The summed E-state index contributed by atoms with van der Waals surface area (Å²) in [5.41, 5.74) is 1.50. The smallest absolute Gasteiger partial charge is 0.295 e. The Balaban J connectivity index is 2.25. The molecule has 0 unspecified atom stereocenters. The number of hydrogen-bond donors (Lipinski definition) is 2. The summed E-state index contributed by atoms with van der Waals surface area (Å²) in [5, 5.41) is 18.5. The fourth-order valence-electron chi connectivity index (χ4n) is 1.80. The highest BCUT2D eigenvalue weighted by Gasteiger charge is 2.21. The van der Waals surface area contributed by atoms with Crippen LogP contribution in [0.5, 0.6) is 0 Å². The first kappa shape index (κ1) is 14.7. The molecular formula is C15H17N5O. The van der Waals surface area contributed by atoms with Crippen molar-refractivity contribution in [2.45, 2.75) is 33.1 Å². The van der Waals surface area contributed by atoms with Crippen LogP contribution in [0.25, 0.3) is 0 Å². The van der Waals surface area contributed by atoms with E-state index in [0.29, 0.717) is 17.1 Å². The molecule has 1 aromatic heterocycles. The highest BCUT2D eigenvalue weighted by molar-refractivity contribution is 6.02. The summed E-state index contributed by atoms with van der Waals surface area (Å²) in [6.07, 6.45) is 0. The van der Waals surface area contributed by atoms with Crippen molar-refractivity contribution in [3.05, 3.63) is 41.0 Å². The summed E-state index contributed by atoms with van der Waals surface area (Å²) < 4.78 is 0. The number of carbonyl (C=O) groups excluding carboxylic acids is 1. The van der Waals surface area contributed by atoms with Gasteiger partial charge in [-0.15, -0.1) is 5.10 Å². The van der Waals surface area contributed by atoms with E-state index in [1.807, 2.05) is 33.8 Å². The molecule has 6 heteroatoms. The molecule has 0 saturated carbocycles. The van der Waals surface area contributed by atoms with Crippen LogP contribution in [0.15, 0.2) is 18.2 Å². The lowest BCUT2D eigenvalue weighted by atomic mass is 9.96. The molecule has 1 aromatic carbocycles. The van der Waals surface area contributed by atoms with Gasteiger partial charge in [-0.2, -0.15) is 5.26 Å². The van der Waals surface area contributed by atoms with Crippen LogP contribution < -0.4 is 5.32 Å². The van der Waals surface area contributed by atoms with E-state index < -0.39 is 5.91 Å². The number of aryl methyl sites for hydroxylation is 1. The van der Waals surface area contributed by atoms with E-state index in [1.165, 1.54) is 0 Å². The van der Waals surface area contributed by atoms with Gasteiger partial charge in [0.25, 0.3) is 5.91 Å². The molecule has 2 N–H and O–H groups in total. The number of benzene rings is 1. The molecule has 1 amide bonds. The zero-order valence-corrected chi connectivity index (χ0v) is 12.5. The third-order valence-electron chi connectivity index (χ3n) is 3.03. The van der Waals surface area contributed by atoms with Crippen LogP contribution in [-0.4, -0.2) is 21.1 Å². The highest BCUT2D eigenvalue weighted by atomic mass is 16.2. The first-order valence-electron chi connectivity index (χ1n) is 6.57. The van der Waals surface area contributed by atoms with Crippen molar-refractivity contribution in [1.82, 2.24) is 15.2 Å². The molecule has 0 atom stereocenters. The number of anilines is 1. The lowest BCUT2D eigenvalue weighted by Crippen LogP contribution is -2.16. The SMILES string of the molecule is Cc1cccc(NC(=O)c2n[nH]c(C(C)(C)C)n2)c1C#N. The molecule has 0 aliphatic heterocycles. The molecule has 0 spiro atoms. The first-order chi connectivity index (χ1) is 9.82. The van der Waals surface area contributed by atoms with Crippen molar-refractivity contribution in [2.24, 2.45) is 0 Å². The van der Waals surface area contributed by atoms with Gasteiger partial charge in [0.15, 0.2) is 0 Å². The van der Waals surface area contributed by atoms with Crippen LogP contribution in [0.2, 0.25) is 0 Å². The van der Waals surface area contributed by atoms with Gasteiger partial charge in [-0.3, -0.25) is 9.89 Å². The molecule has 1 heterocycles. The average molecular weight is 283 g/mol. The molecular weight excluding hydrogens is 266 g/mol. The Hall–Kier alpha value is -2.68. The largest absolute Gasteiger partial charge is 0.318 e. The maximum atomic E-state index is 12.2. The Bertz CT molecular complexity index is 718. The number of nitrogens with one attached hydrogen (secondary N) is 2. The minimum Gasteiger partial charge on any atom is -0.318 e. The van der Waals surface area contributed by atoms with E-state index in [0.717, 1.165) is 5.56 Å². The number of carbonyl (C=O) groups is 1. The Morgan fingerprint density at radius 2 is 2.10 bits per heavy atom. The minimum atomic E-state index is -0.441. The van der Waals surface area contributed by atoms with Gasteiger partial charge in [0.2, 0.25) is 5.82 Å². The maximum absolute atomic E-state index is 12.2. The third-order valence-corrected chi connectivity index (χ3v) is 3.03. The van der Waals surface area contributed by atoms with Gasteiger partial charge in [-0.1, -0.05) is 32.9 Å². The van der Waals surface area contributed by atoms with Crippen LogP contribution in [-0.2, 0) is 5.41 Å². The zero-order valence-electron chi connectivity index (χ0n) is 12.5. The summed E-state index contributed by atoms with van der Waals surface area (Å²) in [7, 11) is 0. The number of hydrogen-bond acceptors (Lipinski definition) is 4. The van der Waals surface area contributed by atoms with E-state index in [2.05, 4.69) is 26.6 Å². The van der Waals surface area contributed by atoms with Crippen molar-refractivity contribution in [3.8, 4) is 6.07 Å². The van der Waals surface area contributed by atoms with E-state index in [-0.39, 0.29) is 11.2 Å². The number of nitriles is 1. The van der Waals surface area contributed by atoms with Crippen molar-refractivity contribution in [2.75, 3.05) is 5.32 Å². The Kier molecular flexibility index (Phi) is 3.76. The van der Waals surface area contributed by atoms with Gasteiger partial charge in [-0.25, -0.2) is 4.98 Å². The van der Waals surface area contributed by atoms with Crippen LogP contribution in [0.3, 0.4) is 0 Å². The molecule has 2 aromatic rings. The van der Waals surface area contributed by atoms with Crippen molar-refractivity contribution >= 4 is 11.6 Å². The summed E-state index contributed by atoms with van der Waals surface area (Å²) in [5.74, 6) is 0.256. The predicted molar refractivity (Wildman–Crippen MR) is 78.9 cm³/mol. The second-order valence-electron chi connectivity index (χ2n) is 5.82. The molecule has 21 heavy (non-hydrogen) atoms. The normalized spacial score (nSPS) is 11.0. The van der Waals surface area contributed by atoms with Crippen molar-refractivity contribution in [1.29, 1.82) is 5.26 Å². The first-order valence-corrected chi connectivity index (χ1v) is 6.57. The Morgan fingerprint density at radius 3 is 2.67 bits per heavy atom. The minimum absolute atomic E-state index is 0.0605. The summed E-state index contributed by atoms with van der Waals surface area (Å²) in [6, 6.07) is 7.37. The van der Waals surface area contributed by atoms with Gasteiger partial charge in [0, 0.05) is 5.41 Å². The number of amides is 1. The lowest BCUT2D eigenvalue weighted by Gasteiger charge is -2.12. The highest BCUT2D eigenvalue weighted by Crippen LogP contribution is 2.20. The molecule has 0 saturated heterocycles. The second kappa shape index (κ2) is 5.37. The number of aromatic amines is 1. The van der Waals surface area contributed by atoms with Gasteiger partial charge >= 0.3 is 0 Å². The van der Waals surface area contributed by atoms with E-state index in [4.69, 9.17) is 5.26 Å². The molecule has 108 valence electrons. The van der Waals surface area contributed by atoms with Gasteiger partial charge in [0.1, 0.15) is 11.9 Å². The monoisotopic (exact) mass is 283 g/mol. The Morgan fingerprint density at radius 1 is 1.38 bits per heavy atom. The summed E-state index contributed by atoms with van der Waals surface area (Å²) in [6.45, 7) is 7.75. The molecule has 0 aliphatic rings. The average Bonchev–Trinajstić information content (AvgIpc) is 2.88. The quantitative estimate of drug-likeness (QED) is 0.885. The summed E-state index contributed by atoms with van der Waals surface area (Å²) in [4.78, 5) is 16.4. The Labute approximate surface area is 123 Å². The van der Waals surface area contributed by atoms with E-state index in [9.17, 15) is 4.79 Å². The van der Waals surface area contributed by atoms with Crippen LogP contribution in [0.1, 0.15) is 48.3 Å². The predicted octanol–water partition coefficient (Wildman–Crippen LogP) is 2.53. The molecule has 0 radical (unpaired) electrons. The van der Waals surface area contributed by atoms with Crippen molar-refractivity contribution in [3.63, 3.8) is 0 Å². The van der Waals surface area contributed by atoms with Crippen LogP contribution in [0.4, 0.5) is 5.69 Å². The third kappa shape index (κ3) is 3.08. The number of nitrogens with zero attached hydrogens (tertiary/aromatic N) is 3. The molecule has 2 rings (SSSR count). The lowest BCUT2D eigenvalue weighted by molar-refractivity contribution is 0.101.